The molecule has 0 aliphatic heterocycles. The third-order valence-electron chi connectivity index (χ3n) is 3.07. The standard InChI is InChI=1S/C13H16ClN3O2/c1-4-13(2,15)12-16-11(19-17-12)9-6-5-8(14)7-10(9)18-3/h5-7H,4,15H2,1-3H3. The van der Waals surface area contributed by atoms with Gasteiger partial charge in [0.25, 0.3) is 5.89 Å². The van der Waals surface area contributed by atoms with Gasteiger partial charge in [-0.15, -0.1) is 0 Å². The summed E-state index contributed by atoms with van der Waals surface area (Å²) in [4.78, 5) is 4.34. The molecule has 6 heteroatoms. The molecule has 2 aromatic rings. The number of hydrogen-bond acceptors (Lipinski definition) is 5. The van der Waals surface area contributed by atoms with Crippen molar-refractivity contribution in [2.45, 2.75) is 25.8 Å². The summed E-state index contributed by atoms with van der Waals surface area (Å²) < 4.78 is 10.5. The number of halogens is 1. The minimum absolute atomic E-state index is 0.369. The number of methoxy groups -OCH3 is 1. The molecule has 2 N–H and O–H groups in total. The molecule has 5 nitrogen and oxygen atoms in total. The molecule has 0 saturated carbocycles. The Morgan fingerprint density at radius 2 is 2.21 bits per heavy atom. The van der Waals surface area contributed by atoms with E-state index in [4.69, 9.17) is 26.6 Å². The molecule has 2 rings (SSSR count). The Balaban J connectivity index is 2.44. The Morgan fingerprint density at radius 1 is 1.47 bits per heavy atom. The van der Waals surface area contributed by atoms with Crippen molar-refractivity contribution in [2.24, 2.45) is 5.73 Å². The second-order valence-electron chi connectivity index (χ2n) is 4.54. The fourth-order valence-electron chi connectivity index (χ4n) is 1.56. The Morgan fingerprint density at radius 3 is 2.84 bits per heavy atom. The second kappa shape index (κ2) is 5.19. The lowest BCUT2D eigenvalue weighted by molar-refractivity contribution is 0.376. The van der Waals surface area contributed by atoms with Crippen LogP contribution in [0.1, 0.15) is 26.1 Å². The number of nitrogens with two attached hydrogens (primary N) is 1. The van der Waals surface area contributed by atoms with Crippen molar-refractivity contribution in [1.29, 1.82) is 0 Å². The van der Waals surface area contributed by atoms with Gasteiger partial charge in [0.05, 0.1) is 18.2 Å². The molecule has 1 heterocycles. The first kappa shape index (κ1) is 13.8. The topological polar surface area (TPSA) is 74.2 Å². The summed E-state index contributed by atoms with van der Waals surface area (Å²) in [6.07, 6.45) is 0.712. The zero-order valence-corrected chi connectivity index (χ0v) is 11.9. The highest BCUT2D eigenvalue weighted by molar-refractivity contribution is 6.30. The van der Waals surface area contributed by atoms with E-state index in [1.807, 2.05) is 13.8 Å². The molecule has 102 valence electrons. The number of hydrogen-bond donors (Lipinski definition) is 1. The molecule has 0 fully saturated rings. The summed E-state index contributed by atoms with van der Waals surface area (Å²) in [6, 6.07) is 5.21. The molecule has 0 aliphatic carbocycles. The number of ether oxygens (including phenoxy) is 1. The first-order chi connectivity index (χ1) is 8.97. The van der Waals surface area contributed by atoms with Crippen molar-refractivity contribution < 1.29 is 9.26 Å². The summed E-state index contributed by atoms with van der Waals surface area (Å²) in [5, 5.41) is 4.51. The number of benzene rings is 1. The molecule has 0 saturated heterocycles. The van der Waals surface area contributed by atoms with Crippen LogP contribution in [-0.4, -0.2) is 17.3 Å². The largest absolute Gasteiger partial charge is 0.496 e. The second-order valence-corrected chi connectivity index (χ2v) is 4.98. The van der Waals surface area contributed by atoms with Gasteiger partial charge < -0.3 is 15.0 Å². The third-order valence-corrected chi connectivity index (χ3v) is 3.30. The van der Waals surface area contributed by atoms with Gasteiger partial charge in [0, 0.05) is 5.02 Å². The van der Waals surface area contributed by atoms with E-state index in [-0.39, 0.29) is 0 Å². The fourth-order valence-corrected chi connectivity index (χ4v) is 1.73. The predicted molar refractivity (Wildman–Crippen MR) is 73.1 cm³/mol. The van der Waals surface area contributed by atoms with Crippen LogP contribution in [0.3, 0.4) is 0 Å². The van der Waals surface area contributed by atoms with E-state index < -0.39 is 5.54 Å². The van der Waals surface area contributed by atoms with E-state index in [9.17, 15) is 0 Å². The van der Waals surface area contributed by atoms with Crippen LogP contribution in [0, 0.1) is 0 Å². The van der Waals surface area contributed by atoms with Gasteiger partial charge in [-0.05, 0) is 31.5 Å². The van der Waals surface area contributed by atoms with E-state index in [0.717, 1.165) is 0 Å². The van der Waals surface area contributed by atoms with Gasteiger partial charge in [-0.2, -0.15) is 4.98 Å². The Kier molecular flexibility index (Phi) is 3.78. The van der Waals surface area contributed by atoms with Gasteiger partial charge in [0.1, 0.15) is 5.75 Å². The number of nitrogens with zero attached hydrogens (tertiary/aromatic N) is 2. The van der Waals surface area contributed by atoms with Crippen molar-refractivity contribution in [3.8, 4) is 17.2 Å². The molecule has 0 bridgehead atoms. The van der Waals surface area contributed by atoms with Gasteiger partial charge >= 0.3 is 0 Å². The molecule has 0 amide bonds. The van der Waals surface area contributed by atoms with E-state index in [1.54, 1.807) is 25.3 Å². The Hall–Kier alpha value is -1.59. The molecular weight excluding hydrogens is 266 g/mol. The van der Waals surface area contributed by atoms with Gasteiger partial charge in [-0.25, -0.2) is 0 Å². The van der Waals surface area contributed by atoms with E-state index in [2.05, 4.69) is 10.1 Å². The summed E-state index contributed by atoms with van der Waals surface area (Å²) in [6.45, 7) is 3.83. The molecule has 0 radical (unpaired) electrons. The molecule has 1 unspecified atom stereocenters. The molecule has 1 atom stereocenters. The molecule has 0 spiro atoms. The summed E-state index contributed by atoms with van der Waals surface area (Å²) in [5.41, 5.74) is 6.17. The normalized spacial score (nSPS) is 14.2. The lowest BCUT2D eigenvalue weighted by atomic mass is 10.00. The summed E-state index contributed by atoms with van der Waals surface area (Å²) in [7, 11) is 1.56. The lowest BCUT2D eigenvalue weighted by Gasteiger charge is -2.16. The maximum Gasteiger partial charge on any atom is 0.261 e. The first-order valence-corrected chi connectivity index (χ1v) is 6.32. The van der Waals surface area contributed by atoms with Crippen LogP contribution >= 0.6 is 11.6 Å². The number of aromatic nitrogens is 2. The Bertz CT molecular complexity index is 581. The minimum atomic E-state index is -0.610. The molecule has 0 aliphatic rings. The van der Waals surface area contributed by atoms with Crippen LogP contribution in [0.25, 0.3) is 11.5 Å². The van der Waals surface area contributed by atoms with Crippen LogP contribution in [0.4, 0.5) is 0 Å². The highest BCUT2D eigenvalue weighted by Crippen LogP contribution is 2.32. The van der Waals surface area contributed by atoms with Crippen molar-refractivity contribution >= 4 is 11.6 Å². The van der Waals surface area contributed by atoms with Crippen molar-refractivity contribution in [3.63, 3.8) is 0 Å². The first-order valence-electron chi connectivity index (χ1n) is 5.95. The summed E-state index contributed by atoms with van der Waals surface area (Å²) >= 11 is 5.92. The number of rotatable bonds is 4. The SMILES string of the molecule is CCC(C)(N)c1noc(-c2ccc(Cl)cc2OC)n1. The van der Waals surface area contributed by atoms with Crippen LogP contribution in [-0.2, 0) is 5.54 Å². The zero-order valence-electron chi connectivity index (χ0n) is 11.1. The third kappa shape index (κ3) is 2.72. The van der Waals surface area contributed by atoms with Crippen LogP contribution in [0.2, 0.25) is 5.02 Å². The molecule has 1 aromatic heterocycles. The van der Waals surface area contributed by atoms with Crippen molar-refractivity contribution in [2.75, 3.05) is 7.11 Å². The smallest absolute Gasteiger partial charge is 0.261 e. The predicted octanol–water partition coefficient (Wildman–Crippen LogP) is 2.98. The van der Waals surface area contributed by atoms with Crippen LogP contribution in [0.5, 0.6) is 5.75 Å². The minimum Gasteiger partial charge on any atom is -0.496 e. The van der Waals surface area contributed by atoms with Gasteiger partial charge in [-0.3, -0.25) is 0 Å². The average molecular weight is 282 g/mol. The molecular formula is C13H16ClN3O2. The maximum absolute atomic E-state index is 6.09. The fraction of sp³-hybridized carbons (Fsp3) is 0.385. The average Bonchev–Trinajstić information content (AvgIpc) is 2.88. The van der Waals surface area contributed by atoms with Crippen LogP contribution in [0.15, 0.2) is 22.7 Å². The summed E-state index contributed by atoms with van der Waals surface area (Å²) in [5.74, 6) is 1.42. The van der Waals surface area contributed by atoms with E-state index in [0.29, 0.717) is 34.5 Å². The van der Waals surface area contributed by atoms with Crippen LogP contribution < -0.4 is 10.5 Å². The van der Waals surface area contributed by atoms with Crippen molar-refractivity contribution in [3.05, 3.63) is 29.0 Å². The lowest BCUT2D eigenvalue weighted by Crippen LogP contribution is -2.33. The highest BCUT2D eigenvalue weighted by atomic mass is 35.5. The quantitative estimate of drug-likeness (QED) is 0.932. The van der Waals surface area contributed by atoms with E-state index >= 15 is 0 Å². The molecule has 19 heavy (non-hydrogen) atoms. The zero-order chi connectivity index (χ0) is 14.0. The Labute approximate surface area is 116 Å². The van der Waals surface area contributed by atoms with E-state index in [1.165, 1.54) is 0 Å². The van der Waals surface area contributed by atoms with Gasteiger partial charge in [-0.1, -0.05) is 23.7 Å². The van der Waals surface area contributed by atoms with Gasteiger partial charge in [0.2, 0.25) is 0 Å². The highest BCUT2D eigenvalue weighted by Gasteiger charge is 2.26. The molecule has 1 aromatic carbocycles. The monoisotopic (exact) mass is 281 g/mol. The van der Waals surface area contributed by atoms with Crippen molar-refractivity contribution in [1.82, 2.24) is 10.1 Å². The maximum atomic E-state index is 6.09. The van der Waals surface area contributed by atoms with Gasteiger partial charge in [0.15, 0.2) is 5.82 Å².